The minimum absolute atomic E-state index is 0.171. The van der Waals surface area contributed by atoms with Crippen molar-refractivity contribution in [3.63, 3.8) is 0 Å². The summed E-state index contributed by atoms with van der Waals surface area (Å²) in [6, 6.07) is 0. The van der Waals surface area contributed by atoms with Gasteiger partial charge in [0.15, 0.2) is 5.76 Å². The first-order valence-corrected chi connectivity index (χ1v) is 14.5. The molecule has 140 valence electrons. The molecule has 0 spiro atoms. The molecule has 0 atom stereocenters. The lowest BCUT2D eigenvalue weighted by Crippen LogP contribution is -2.43. The van der Waals surface area contributed by atoms with E-state index in [1.807, 2.05) is 19.1 Å². The third-order valence-corrected chi connectivity index (χ3v) is 16.0. The molecule has 4 heteroatoms. The van der Waals surface area contributed by atoms with Gasteiger partial charge in [0.05, 0.1) is 0 Å². The maximum absolute atomic E-state index is 6.46. The Bertz CT molecular complexity index is 468. The summed E-state index contributed by atoms with van der Waals surface area (Å²) >= 11 is 0. The van der Waals surface area contributed by atoms with E-state index in [-0.39, 0.29) is 5.04 Å². The molecule has 0 heterocycles. The monoisotopic (exact) mass is 367 g/mol. The molecule has 0 saturated carbocycles. The highest BCUT2D eigenvalue weighted by Crippen LogP contribution is 2.42. The molecule has 0 N–H and O–H groups in total. The zero-order chi connectivity index (χ0) is 19.3. The van der Waals surface area contributed by atoms with Gasteiger partial charge in [0, 0.05) is 5.87 Å². The van der Waals surface area contributed by atoms with Crippen molar-refractivity contribution in [1.29, 1.82) is 0 Å². The van der Waals surface area contributed by atoms with E-state index in [0.29, 0.717) is 16.6 Å². The van der Waals surface area contributed by atoms with Crippen molar-refractivity contribution in [2.75, 3.05) is 0 Å². The minimum Gasteiger partial charge on any atom is -0.537 e. The fourth-order valence-corrected chi connectivity index (χ4v) is 9.26. The van der Waals surface area contributed by atoms with Crippen LogP contribution < -0.4 is 0 Å². The van der Waals surface area contributed by atoms with Gasteiger partial charge in [0.2, 0.25) is 8.24 Å². The van der Waals surface area contributed by atoms with Gasteiger partial charge in [0.25, 0.3) is 8.32 Å². The zero-order valence-electron chi connectivity index (χ0n) is 18.2. The Hall–Kier alpha value is -0.576. The second-order valence-electron chi connectivity index (χ2n) is 9.30. The number of allylic oxidation sites excluding steroid dienone is 2. The van der Waals surface area contributed by atoms with Crippen molar-refractivity contribution in [3.05, 3.63) is 17.9 Å². The molecule has 24 heavy (non-hydrogen) atoms. The lowest BCUT2D eigenvalue weighted by molar-refractivity contribution is 0.406. The molecule has 0 bridgehead atoms. The van der Waals surface area contributed by atoms with Crippen LogP contribution in [0, 0.1) is 0 Å². The van der Waals surface area contributed by atoms with E-state index in [0.717, 1.165) is 5.76 Å². The highest BCUT2D eigenvalue weighted by Gasteiger charge is 2.44. The van der Waals surface area contributed by atoms with E-state index in [2.05, 4.69) is 81.3 Å². The predicted octanol–water partition coefficient (Wildman–Crippen LogP) is 7.31. The lowest BCUT2D eigenvalue weighted by atomic mass is 10.2. The van der Waals surface area contributed by atoms with Crippen molar-refractivity contribution >= 4 is 22.4 Å². The summed E-state index contributed by atoms with van der Waals surface area (Å²) < 4.78 is 11.6. The number of hydrogen-bond acceptors (Lipinski definition) is 2. The SMILES string of the molecule is C/C=C/C(=C=N[Si](C(C)C)(C(C)C)C(C)C)O[Si](C)(C)C(C)(C)C. The highest BCUT2D eigenvalue weighted by molar-refractivity contribution is 6.82. The normalized spacial score (nSPS) is 13.8. The average molecular weight is 368 g/mol. The Kier molecular flexibility index (Phi) is 8.48. The van der Waals surface area contributed by atoms with Crippen molar-refractivity contribution in [3.8, 4) is 0 Å². The first-order chi connectivity index (χ1) is 10.7. The van der Waals surface area contributed by atoms with E-state index in [4.69, 9.17) is 9.08 Å². The van der Waals surface area contributed by atoms with Crippen molar-refractivity contribution in [2.24, 2.45) is 4.66 Å². The van der Waals surface area contributed by atoms with Crippen molar-refractivity contribution in [1.82, 2.24) is 0 Å². The van der Waals surface area contributed by atoms with Crippen molar-refractivity contribution in [2.45, 2.75) is 104 Å². The second kappa shape index (κ2) is 8.69. The maximum Gasteiger partial charge on any atom is 0.251 e. The summed E-state index contributed by atoms with van der Waals surface area (Å²) in [6.07, 6.45) is 4.04. The molecule has 0 aromatic rings. The molecule has 0 saturated heterocycles. The molecular weight excluding hydrogens is 326 g/mol. The molecule has 0 aliphatic carbocycles. The first-order valence-electron chi connectivity index (χ1n) is 9.38. The Balaban J connectivity index is 6.09. The molecule has 2 nitrogen and oxygen atoms in total. The molecule has 0 aliphatic rings. The van der Waals surface area contributed by atoms with Crippen molar-refractivity contribution < 1.29 is 4.43 Å². The van der Waals surface area contributed by atoms with Crippen LogP contribution in [0.4, 0.5) is 0 Å². The van der Waals surface area contributed by atoms with Gasteiger partial charge in [-0.3, -0.25) is 4.66 Å². The predicted molar refractivity (Wildman–Crippen MR) is 115 cm³/mol. The Labute approximate surface area is 153 Å². The minimum atomic E-state index is -1.88. The van der Waals surface area contributed by atoms with Crippen LogP contribution in [-0.4, -0.2) is 22.4 Å². The maximum atomic E-state index is 6.46. The van der Waals surface area contributed by atoms with Gasteiger partial charge >= 0.3 is 0 Å². The summed E-state index contributed by atoms with van der Waals surface area (Å²) in [5.41, 5.74) is 1.76. The summed E-state index contributed by atoms with van der Waals surface area (Å²) in [6.45, 7) is 27.3. The first kappa shape index (κ1) is 23.4. The van der Waals surface area contributed by atoms with Gasteiger partial charge in [-0.05, 0) is 47.8 Å². The topological polar surface area (TPSA) is 21.6 Å². The van der Waals surface area contributed by atoms with Gasteiger partial charge in [-0.1, -0.05) is 68.4 Å². The van der Waals surface area contributed by atoms with Gasteiger partial charge in [0.1, 0.15) is 0 Å². The molecule has 0 amide bonds. The number of hydrogen-bond donors (Lipinski definition) is 0. The number of rotatable bonds is 7. The smallest absolute Gasteiger partial charge is 0.251 e. The zero-order valence-corrected chi connectivity index (χ0v) is 20.2. The molecule has 0 aliphatic heterocycles. The van der Waals surface area contributed by atoms with E-state index in [1.165, 1.54) is 0 Å². The molecular formula is C20H41NOSi2. The van der Waals surface area contributed by atoms with Crippen LogP contribution in [0.15, 0.2) is 22.6 Å². The van der Waals surface area contributed by atoms with Gasteiger partial charge in [-0.2, -0.15) is 0 Å². The molecule has 0 rings (SSSR count). The fourth-order valence-electron chi connectivity index (χ4n) is 3.21. The van der Waals surface area contributed by atoms with Crippen LogP contribution in [0.2, 0.25) is 34.8 Å². The third-order valence-electron chi connectivity index (χ3n) is 5.62. The third kappa shape index (κ3) is 5.47. The van der Waals surface area contributed by atoms with Crippen LogP contribution in [-0.2, 0) is 4.43 Å². The highest BCUT2D eigenvalue weighted by atomic mass is 28.4. The van der Waals surface area contributed by atoms with Crippen LogP contribution in [0.25, 0.3) is 0 Å². The Morgan fingerprint density at radius 2 is 1.38 bits per heavy atom. The van der Waals surface area contributed by atoms with E-state index in [1.54, 1.807) is 0 Å². The summed E-state index contributed by atoms with van der Waals surface area (Å²) in [5, 5.41) is 0.171. The average Bonchev–Trinajstić information content (AvgIpc) is 2.36. The molecule has 0 radical (unpaired) electrons. The molecule has 0 fully saturated rings. The van der Waals surface area contributed by atoms with E-state index < -0.39 is 16.6 Å². The van der Waals surface area contributed by atoms with Gasteiger partial charge < -0.3 is 4.43 Å². The van der Waals surface area contributed by atoms with Gasteiger partial charge in [-0.25, -0.2) is 0 Å². The standard InChI is InChI=1S/C20H41NOSi2/c1-13-14-19(22-23(11,12)20(8,9)10)15-21-24(16(2)3,17(4)5)18(6)7/h13-14,16-18H,1-12H3/b14-13+. The van der Waals surface area contributed by atoms with E-state index in [9.17, 15) is 0 Å². The van der Waals surface area contributed by atoms with Crippen LogP contribution in [0.3, 0.4) is 0 Å². The van der Waals surface area contributed by atoms with Gasteiger partial charge in [-0.15, -0.1) is 0 Å². The number of nitrogens with zero attached hydrogens (tertiary/aromatic N) is 1. The molecule has 0 aromatic heterocycles. The molecule has 0 aromatic carbocycles. The fraction of sp³-hybridized carbons (Fsp3) is 0.800. The van der Waals surface area contributed by atoms with E-state index >= 15 is 0 Å². The summed E-state index contributed by atoms with van der Waals surface area (Å²) in [5.74, 6) is 4.17. The van der Waals surface area contributed by atoms with Crippen LogP contribution in [0.1, 0.15) is 69.2 Å². The quantitative estimate of drug-likeness (QED) is 0.200. The van der Waals surface area contributed by atoms with Crippen LogP contribution >= 0.6 is 0 Å². The lowest BCUT2D eigenvalue weighted by Gasteiger charge is -2.38. The summed E-state index contributed by atoms with van der Waals surface area (Å²) in [7, 11) is -3.72. The Morgan fingerprint density at radius 3 is 1.67 bits per heavy atom. The second-order valence-corrected chi connectivity index (χ2v) is 19.5. The van der Waals surface area contributed by atoms with Crippen LogP contribution in [0.5, 0.6) is 0 Å². The Morgan fingerprint density at radius 1 is 0.958 bits per heavy atom. The summed E-state index contributed by atoms with van der Waals surface area (Å²) in [4.78, 5) is 0. The molecule has 0 unspecified atom stereocenters. The largest absolute Gasteiger partial charge is 0.537 e.